The summed E-state index contributed by atoms with van der Waals surface area (Å²) in [4.78, 5) is 43.6. The number of rotatable bonds is 11. The smallest absolute Gasteiger partial charge is 0.340 e. The number of para-hydroxylation sites is 1. The molecule has 2 N–H and O–H groups in total. The van der Waals surface area contributed by atoms with Crippen LogP contribution in [-0.4, -0.2) is 116 Å². The van der Waals surface area contributed by atoms with Gasteiger partial charge in [-0.05, 0) is 49.4 Å². The number of likely N-dealkylation sites (N-methyl/N-ethyl adjacent to an activating group) is 1. The van der Waals surface area contributed by atoms with Crippen molar-refractivity contribution in [2.45, 2.75) is 94.2 Å². The minimum atomic E-state index is -1.74. The normalized spacial score (nSPS) is 43.9. The number of anilines is 1. The zero-order valence-corrected chi connectivity index (χ0v) is 32.4. The highest BCUT2D eigenvalue weighted by molar-refractivity contribution is 6.22. The van der Waals surface area contributed by atoms with Gasteiger partial charge in [-0.25, -0.2) is 9.69 Å². The lowest BCUT2D eigenvalue weighted by Gasteiger charge is -2.70. The number of esters is 1. The van der Waals surface area contributed by atoms with E-state index in [4.69, 9.17) is 23.7 Å². The zero-order chi connectivity index (χ0) is 38.7. The van der Waals surface area contributed by atoms with E-state index in [1.54, 1.807) is 52.5 Å². The fourth-order valence-electron chi connectivity index (χ4n) is 13.8. The summed E-state index contributed by atoms with van der Waals surface area (Å²) >= 11 is 0. The lowest BCUT2D eigenvalue weighted by atomic mass is 9.42. The highest BCUT2D eigenvalue weighted by Crippen LogP contribution is 2.80. The molecular formula is C43H54N2O10. The summed E-state index contributed by atoms with van der Waals surface area (Å²) in [5.74, 6) is -2.68. The van der Waals surface area contributed by atoms with Gasteiger partial charge in [0.1, 0.15) is 11.2 Å². The van der Waals surface area contributed by atoms with Gasteiger partial charge < -0.3 is 33.9 Å². The fraction of sp³-hybridized carbons (Fsp3) is 0.651. The maximum atomic E-state index is 14.2. The summed E-state index contributed by atoms with van der Waals surface area (Å²) in [6.45, 7) is 5.29. The first-order valence-electron chi connectivity index (χ1n) is 20.0. The van der Waals surface area contributed by atoms with E-state index in [9.17, 15) is 24.6 Å². The van der Waals surface area contributed by atoms with Crippen molar-refractivity contribution in [3.8, 4) is 0 Å². The van der Waals surface area contributed by atoms with Gasteiger partial charge in [0.2, 0.25) is 11.8 Å². The number of imide groups is 1. The van der Waals surface area contributed by atoms with Gasteiger partial charge in [-0.15, -0.1) is 0 Å². The molecule has 2 saturated heterocycles. The summed E-state index contributed by atoms with van der Waals surface area (Å²) in [5, 5.41) is 27.2. The maximum absolute atomic E-state index is 14.2. The Kier molecular flexibility index (Phi) is 8.93. The van der Waals surface area contributed by atoms with E-state index in [0.29, 0.717) is 32.5 Å². The first-order valence-corrected chi connectivity index (χ1v) is 20.0. The number of hydrogen-bond acceptors (Lipinski definition) is 11. The van der Waals surface area contributed by atoms with Crippen LogP contribution in [-0.2, 0) is 39.9 Å². The molecule has 2 heterocycles. The minimum absolute atomic E-state index is 0.0139. The summed E-state index contributed by atoms with van der Waals surface area (Å²) in [7, 11) is 5.05. The van der Waals surface area contributed by atoms with Crippen LogP contribution in [0.3, 0.4) is 0 Å². The van der Waals surface area contributed by atoms with Crippen LogP contribution in [0.1, 0.15) is 61.9 Å². The molecule has 12 heteroatoms. The molecule has 2 aromatic rings. The molecule has 7 bridgehead atoms. The minimum Gasteiger partial charge on any atom is -0.461 e. The van der Waals surface area contributed by atoms with E-state index in [2.05, 4.69) is 11.8 Å². The second kappa shape index (κ2) is 13.2. The molecule has 9 rings (SSSR count). The zero-order valence-electron chi connectivity index (χ0n) is 32.4. The molecule has 2 aliphatic heterocycles. The molecule has 0 aromatic heterocycles. The highest BCUT2D eigenvalue weighted by atomic mass is 16.5. The Balaban J connectivity index is 1.13. The van der Waals surface area contributed by atoms with Crippen molar-refractivity contribution in [3.63, 3.8) is 0 Å². The lowest BCUT2D eigenvalue weighted by Crippen LogP contribution is -2.82. The molecule has 0 radical (unpaired) electrons. The number of piperidine rings is 1. The molecule has 2 aromatic carbocycles. The van der Waals surface area contributed by atoms with Crippen LogP contribution in [0.4, 0.5) is 5.69 Å². The lowest BCUT2D eigenvalue weighted by molar-refractivity contribution is -0.321. The number of hydrogen-bond donors (Lipinski definition) is 2. The van der Waals surface area contributed by atoms with Crippen LogP contribution in [0.2, 0.25) is 0 Å². The third-order valence-electron chi connectivity index (χ3n) is 15.5. The number of aliphatic hydroxyl groups is 2. The first-order chi connectivity index (χ1) is 26.5. The van der Waals surface area contributed by atoms with Crippen LogP contribution in [0.15, 0.2) is 54.6 Å². The van der Waals surface area contributed by atoms with E-state index in [-0.39, 0.29) is 78.6 Å². The Morgan fingerprint density at radius 1 is 0.982 bits per heavy atom. The van der Waals surface area contributed by atoms with E-state index < -0.39 is 52.0 Å². The Bertz CT molecular complexity index is 1860. The van der Waals surface area contributed by atoms with Crippen molar-refractivity contribution in [2.24, 2.45) is 40.4 Å². The van der Waals surface area contributed by atoms with Crippen LogP contribution in [0.25, 0.3) is 0 Å². The number of nitrogens with zero attached hydrogens (tertiary/aromatic N) is 2. The summed E-state index contributed by atoms with van der Waals surface area (Å²) in [5.41, 5.74) is -3.32. The number of carbonyl (C=O) groups excluding carboxylic acids is 3. The molecule has 1 spiro atoms. The van der Waals surface area contributed by atoms with Crippen LogP contribution < -0.4 is 4.90 Å². The Morgan fingerprint density at radius 2 is 1.73 bits per heavy atom. The predicted octanol–water partition coefficient (Wildman–Crippen LogP) is 3.61. The van der Waals surface area contributed by atoms with Crippen LogP contribution in [0, 0.1) is 40.4 Å². The highest BCUT2D eigenvalue weighted by Gasteiger charge is 2.91. The largest absolute Gasteiger partial charge is 0.461 e. The van der Waals surface area contributed by atoms with E-state index in [1.165, 1.54) is 0 Å². The van der Waals surface area contributed by atoms with Gasteiger partial charge >= 0.3 is 5.97 Å². The SMILES string of the molecule is CCN1C[C@]2(COC(=O)c3ccccc3N3C(=O)C[C@H](C)C3=O)CC[C@@H](OC)[C@@]34[C@@H]5C[C@H]6[C@H](OCc7ccccc7)[C@@H]5[C@](O)(C[C@@H]6OC)[C@@](O)([C@@H](OC)[C@H]23)[C@@H]14. The molecule has 0 unspecified atom stereocenters. The summed E-state index contributed by atoms with van der Waals surface area (Å²) in [6, 6.07) is 16.1. The molecule has 7 aliphatic rings. The maximum Gasteiger partial charge on any atom is 0.340 e. The molecular weight excluding hydrogens is 704 g/mol. The number of benzene rings is 2. The number of ether oxygens (including phenoxy) is 5. The molecule has 55 heavy (non-hydrogen) atoms. The molecule has 5 aliphatic carbocycles. The van der Waals surface area contributed by atoms with Gasteiger partial charge in [0.05, 0.1) is 54.9 Å². The Labute approximate surface area is 322 Å². The van der Waals surface area contributed by atoms with Gasteiger partial charge in [-0.1, -0.05) is 56.3 Å². The number of methoxy groups -OCH3 is 3. The third-order valence-corrected chi connectivity index (χ3v) is 15.5. The van der Waals surface area contributed by atoms with E-state index in [0.717, 1.165) is 16.9 Å². The van der Waals surface area contributed by atoms with Crippen molar-refractivity contribution < 1.29 is 48.3 Å². The quantitative estimate of drug-likeness (QED) is 0.256. The van der Waals surface area contributed by atoms with Crippen molar-refractivity contribution >= 4 is 23.5 Å². The standard InChI is InChI=1S/C43H54N2O10/c1-6-44-22-40(23-55-38(48)26-14-10-11-15-29(26)45-32(46)18-24(2)37(45)47)17-16-31(52-4)42-28-19-27-30(51-3)20-41(49,43(50,39(42)44)36(53-5)35(40)42)33(28)34(27)54-21-25-12-8-7-9-13-25/h7-15,24,27-28,30-31,33-36,39,49-50H,6,16-23H2,1-5H3/t24-,27+,28+,30-,31+,33+,34-,35+,36-,39-,40-,41+,42-,43+/m0/s1. The Hall–Kier alpha value is -3.23. The van der Waals surface area contributed by atoms with Gasteiger partial charge in [-0.3, -0.25) is 14.5 Å². The number of likely N-dealkylation sites (tertiary alicyclic amines) is 1. The summed E-state index contributed by atoms with van der Waals surface area (Å²) < 4.78 is 32.4. The van der Waals surface area contributed by atoms with Gasteiger partial charge in [0.15, 0.2) is 0 Å². The first kappa shape index (κ1) is 37.4. The number of amides is 2. The second-order valence-electron chi connectivity index (χ2n) is 17.5. The Morgan fingerprint density at radius 3 is 2.40 bits per heavy atom. The number of carbonyl (C=O) groups is 3. The molecule has 296 valence electrons. The monoisotopic (exact) mass is 758 g/mol. The molecule has 12 nitrogen and oxygen atoms in total. The summed E-state index contributed by atoms with van der Waals surface area (Å²) in [6.07, 6.45) is 0.553. The third kappa shape index (κ3) is 4.73. The van der Waals surface area contributed by atoms with Crippen molar-refractivity contribution in [1.29, 1.82) is 0 Å². The van der Waals surface area contributed by atoms with Gasteiger partial charge in [0, 0.05) is 75.2 Å². The van der Waals surface area contributed by atoms with Crippen molar-refractivity contribution in [2.75, 3.05) is 45.9 Å². The molecule has 2 amide bonds. The van der Waals surface area contributed by atoms with Crippen LogP contribution in [0.5, 0.6) is 0 Å². The van der Waals surface area contributed by atoms with Crippen LogP contribution >= 0.6 is 0 Å². The van der Waals surface area contributed by atoms with Crippen molar-refractivity contribution in [1.82, 2.24) is 4.90 Å². The predicted molar refractivity (Wildman–Crippen MR) is 199 cm³/mol. The average molecular weight is 759 g/mol. The second-order valence-corrected chi connectivity index (χ2v) is 17.5. The molecule has 7 fully saturated rings. The number of fused-ring (bicyclic) bond motifs is 2. The van der Waals surface area contributed by atoms with E-state index in [1.807, 2.05) is 30.3 Å². The molecule has 5 saturated carbocycles. The molecule has 14 atom stereocenters. The topological polar surface area (TPSA) is 144 Å². The van der Waals surface area contributed by atoms with E-state index >= 15 is 0 Å². The van der Waals surface area contributed by atoms with Gasteiger partial charge in [0.25, 0.3) is 0 Å². The fourth-order valence-corrected chi connectivity index (χ4v) is 13.8. The van der Waals surface area contributed by atoms with Gasteiger partial charge in [-0.2, -0.15) is 0 Å². The average Bonchev–Trinajstić information content (AvgIpc) is 3.72. The van der Waals surface area contributed by atoms with Crippen molar-refractivity contribution in [3.05, 3.63) is 65.7 Å².